The molecule has 4 heteroatoms. The molecule has 0 saturated carbocycles. The maximum absolute atomic E-state index is 12.4. The molecular weight excluding hydrogens is 252 g/mol. The number of hydrogen-bond donors (Lipinski definition) is 2. The van der Waals surface area contributed by atoms with Crippen molar-refractivity contribution < 1.29 is 9.53 Å². The van der Waals surface area contributed by atoms with Crippen LogP contribution in [0, 0.1) is 5.92 Å². The van der Waals surface area contributed by atoms with E-state index in [0.29, 0.717) is 13.2 Å². The normalized spacial score (nSPS) is 25.6. The fourth-order valence-electron chi connectivity index (χ4n) is 3.25. The lowest BCUT2D eigenvalue weighted by atomic mass is 10.0. The molecule has 0 bridgehead atoms. The van der Waals surface area contributed by atoms with Crippen LogP contribution >= 0.6 is 0 Å². The van der Waals surface area contributed by atoms with Gasteiger partial charge in [0, 0.05) is 12.1 Å². The summed E-state index contributed by atoms with van der Waals surface area (Å²) in [6, 6.07) is 8.83. The summed E-state index contributed by atoms with van der Waals surface area (Å²) in [5, 5.41) is 6.53. The Kier molecular flexibility index (Phi) is 4.03. The zero-order valence-electron chi connectivity index (χ0n) is 11.9. The lowest BCUT2D eigenvalue weighted by molar-refractivity contribution is -0.126. The third-order valence-electron chi connectivity index (χ3n) is 4.28. The molecule has 2 unspecified atom stereocenters. The van der Waals surface area contributed by atoms with Crippen molar-refractivity contribution in [1.29, 1.82) is 0 Å². The number of likely N-dealkylation sites (N-methyl/N-ethyl adjacent to an activating group) is 1. The highest BCUT2D eigenvalue weighted by Gasteiger charge is 2.35. The SMILES string of the molecule is CCNC1COCC1C(=O)NC1Cc2ccccc2C1. The summed E-state index contributed by atoms with van der Waals surface area (Å²) in [7, 11) is 0. The molecular formula is C16H22N2O2. The Labute approximate surface area is 119 Å². The van der Waals surface area contributed by atoms with E-state index in [1.807, 2.05) is 0 Å². The van der Waals surface area contributed by atoms with Crippen molar-refractivity contribution in [3.8, 4) is 0 Å². The number of fused-ring (bicyclic) bond motifs is 1. The van der Waals surface area contributed by atoms with Gasteiger partial charge in [-0.05, 0) is 30.5 Å². The molecule has 2 aliphatic rings. The zero-order valence-corrected chi connectivity index (χ0v) is 11.9. The van der Waals surface area contributed by atoms with Crippen LogP contribution in [0.3, 0.4) is 0 Å². The van der Waals surface area contributed by atoms with Gasteiger partial charge < -0.3 is 15.4 Å². The number of rotatable bonds is 4. The molecule has 2 N–H and O–H groups in total. The molecule has 1 aromatic carbocycles. The predicted molar refractivity (Wildman–Crippen MR) is 77.6 cm³/mol. The van der Waals surface area contributed by atoms with Gasteiger partial charge in [-0.15, -0.1) is 0 Å². The number of benzene rings is 1. The summed E-state index contributed by atoms with van der Waals surface area (Å²) in [4.78, 5) is 12.4. The van der Waals surface area contributed by atoms with E-state index in [1.165, 1.54) is 11.1 Å². The molecule has 0 radical (unpaired) electrons. The van der Waals surface area contributed by atoms with E-state index in [0.717, 1.165) is 19.4 Å². The smallest absolute Gasteiger partial charge is 0.227 e. The van der Waals surface area contributed by atoms with Crippen molar-refractivity contribution in [3.63, 3.8) is 0 Å². The molecule has 2 atom stereocenters. The summed E-state index contributed by atoms with van der Waals surface area (Å²) < 4.78 is 5.45. The van der Waals surface area contributed by atoms with Gasteiger partial charge in [-0.3, -0.25) is 4.79 Å². The van der Waals surface area contributed by atoms with Gasteiger partial charge in [0.05, 0.1) is 19.1 Å². The lowest BCUT2D eigenvalue weighted by Crippen LogP contribution is -2.47. The number of carbonyl (C=O) groups excluding carboxylic acids is 1. The van der Waals surface area contributed by atoms with E-state index in [4.69, 9.17) is 4.74 Å². The van der Waals surface area contributed by atoms with Crippen LogP contribution in [0.5, 0.6) is 0 Å². The monoisotopic (exact) mass is 274 g/mol. The van der Waals surface area contributed by atoms with Crippen molar-refractivity contribution >= 4 is 5.91 Å². The van der Waals surface area contributed by atoms with Gasteiger partial charge in [-0.2, -0.15) is 0 Å². The van der Waals surface area contributed by atoms with Gasteiger partial charge in [0.2, 0.25) is 5.91 Å². The first-order valence-corrected chi connectivity index (χ1v) is 7.46. The molecule has 1 aliphatic carbocycles. The predicted octanol–water partition coefficient (Wildman–Crippen LogP) is 0.895. The first kappa shape index (κ1) is 13.6. The Morgan fingerprint density at radius 1 is 1.25 bits per heavy atom. The zero-order chi connectivity index (χ0) is 13.9. The van der Waals surface area contributed by atoms with Gasteiger partial charge in [0.1, 0.15) is 0 Å². The number of carbonyl (C=O) groups is 1. The molecule has 1 saturated heterocycles. The summed E-state index contributed by atoms with van der Waals surface area (Å²) in [6.07, 6.45) is 1.89. The summed E-state index contributed by atoms with van der Waals surface area (Å²) in [5.41, 5.74) is 2.73. The number of amides is 1. The molecule has 0 aromatic heterocycles. The van der Waals surface area contributed by atoms with E-state index < -0.39 is 0 Å². The van der Waals surface area contributed by atoms with Crippen LogP contribution in [0.25, 0.3) is 0 Å². The molecule has 3 rings (SSSR count). The standard InChI is InChI=1S/C16H22N2O2/c1-2-17-15-10-20-9-14(15)16(19)18-13-7-11-5-3-4-6-12(11)8-13/h3-6,13-15,17H,2,7-10H2,1H3,(H,18,19). The van der Waals surface area contributed by atoms with Crippen molar-refractivity contribution in [2.75, 3.05) is 19.8 Å². The van der Waals surface area contributed by atoms with Gasteiger partial charge in [-0.1, -0.05) is 31.2 Å². The highest BCUT2D eigenvalue weighted by molar-refractivity contribution is 5.80. The second-order valence-corrected chi connectivity index (χ2v) is 5.69. The molecule has 0 spiro atoms. The molecule has 20 heavy (non-hydrogen) atoms. The Morgan fingerprint density at radius 2 is 1.95 bits per heavy atom. The molecule has 1 aliphatic heterocycles. The van der Waals surface area contributed by atoms with E-state index in [1.54, 1.807) is 0 Å². The lowest BCUT2D eigenvalue weighted by Gasteiger charge is -2.20. The van der Waals surface area contributed by atoms with Crippen molar-refractivity contribution in [1.82, 2.24) is 10.6 Å². The molecule has 1 heterocycles. The highest BCUT2D eigenvalue weighted by atomic mass is 16.5. The van der Waals surface area contributed by atoms with Gasteiger partial charge in [-0.25, -0.2) is 0 Å². The second kappa shape index (κ2) is 5.94. The van der Waals surface area contributed by atoms with Gasteiger partial charge in [0.15, 0.2) is 0 Å². The van der Waals surface area contributed by atoms with Crippen LogP contribution in [0.4, 0.5) is 0 Å². The number of ether oxygens (including phenoxy) is 1. The first-order chi connectivity index (χ1) is 9.78. The average molecular weight is 274 g/mol. The maximum Gasteiger partial charge on any atom is 0.227 e. The van der Waals surface area contributed by atoms with E-state index in [9.17, 15) is 4.79 Å². The number of hydrogen-bond acceptors (Lipinski definition) is 3. The Hall–Kier alpha value is -1.39. The Balaban J connectivity index is 1.58. The fourth-order valence-corrected chi connectivity index (χ4v) is 3.25. The molecule has 1 aromatic rings. The summed E-state index contributed by atoms with van der Waals surface area (Å²) in [5.74, 6) is 0.0740. The largest absolute Gasteiger partial charge is 0.379 e. The minimum atomic E-state index is -0.0568. The quantitative estimate of drug-likeness (QED) is 0.857. The third-order valence-corrected chi connectivity index (χ3v) is 4.28. The first-order valence-electron chi connectivity index (χ1n) is 7.46. The van der Waals surface area contributed by atoms with Crippen LogP contribution < -0.4 is 10.6 Å². The molecule has 1 amide bonds. The summed E-state index contributed by atoms with van der Waals surface area (Å²) in [6.45, 7) is 4.09. The van der Waals surface area contributed by atoms with Crippen LogP contribution in [-0.2, 0) is 22.4 Å². The van der Waals surface area contributed by atoms with Crippen molar-refractivity contribution in [2.24, 2.45) is 5.92 Å². The number of nitrogens with one attached hydrogen (secondary N) is 2. The van der Waals surface area contributed by atoms with E-state index >= 15 is 0 Å². The second-order valence-electron chi connectivity index (χ2n) is 5.69. The van der Waals surface area contributed by atoms with Crippen LogP contribution in [0.1, 0.15) is 18.1 Å². The van der Waals surface area contributed by atoms with Crippen molar-refractivity contribution in [2.45, 2.75) is 31.8 Å². The topological polar surface area (TPSA) is 50.4 Å². The van der Waals surface area contributed by atoms with E-state index in [-0.39, 0.29) is 23.9 Å². The van der Waals surface area contributed by atoms with Crippen molar-refractivity contribution in [3.05, 3.63) is 35.4 Å². The fraction of sp³-hybridized carbons (Fsp3) is 0.562. The minimum Gasteiger partial charge on any atom is -0.379 e. The van der Waals surface area contributed by atoms with Crippen LogP contribution in [0.15, 0.2) is 24.3 Å². The Morgan fingerprint density at radius 3 is 2.60 bits per heavy atom. The summed E-state index contributed by atoms with van der Waals surface area (Å²) >= 11 is 0. The minimum absolute atomic E-state index is 0.0568. The van der Waals surface area contributed by atoms with E-state index in [2.05, 4.69) is 41.8 Å². The van der Waals surface area contributed by atoms with Crippen LogP contribution in [0.2, 0.25) is 0 Å². The van der Waals surface area contributed by atoms with Gasteiger partial charge >= 0.3 is 0 Å². The van der Waals surface area contributed by atoms with Gasteiger partial charge in [0.25, 0.3) is 0 Å². The Bertz CT molecular complexity index is 464. The molecule has 4 nitrogen and oxygen atoms in total. The average Bonchev–Trinajstić information content (AvgIpc) is 3.04. The molecule has 1 fully saturated rings. The highest BCUT2D eigenvalue weighted by Crippen LogP contribution is 2.22. The van der Waals surface area contributed by atoms with Crippen LogP contribution in [-0.4, -0.2) is 37.7 Å². The maximum atomic E-state index is 12.4. The third kappa shape index (κ3) is 2.72. The molecule has 108 valence electrons.